The molecule has 0 aliphatic rings. The second kappa shape index (κ2) is 7.93. The molecule has 0 bridgehead atoms. The summed E-state index contributed by atoms with van der Waals surface area (Å²) in [5.74, 6) is -0.983. The summed E-state index contributed by atoms with van der Waals surface area (Å²) in [6.45, 7) is 0.276. The van der Waals surface area contributed by atoms with Gasteiger partial charge < -0.3 is 16.3 Å². The predicted octanol–water partition coefficient (Wildman–Crippen LogP) is -2.92. The van der Waals surface area contributed by atoms with Crippen LogP contribution in [0.1, 0.15) is 15.9 Å². The fraction of sp³-hybridized carbons (Fsp3) is 0.0769. The normalized spacial score (nSPS) is 9.91. The SMILES string of the molecule is Nc1nc2cnn(Cc3[c-]cc(C(=O)O)cc3)c2c(=O)[nH]1.[OH-].[Rb+]. The molecule has 0 amide bonds. The Balaban J connectivity index is 0.00000132. The number of fused-ring (bicyclic) bond motifs is 1. The van der Waals surface area contributed by atoms with E-state index < -0.39 is 5.97 Å². The minimum absolute atomic E-state index is 0. The average molecular weight is 387 g/mol. The molecule has 0 spiro atoms. The number of aromatic nitrogens is 4. The molecular weight excluding hydrogens is 376 g/mol. The van der Waals surface area contributed by atoms with E-state index in [1.54, 1.807) is 6.07 Å². The van der Waals surface area contributed by atoms with Gasteiger partial charge in [0.05, 0.1) is 6.20 Å². The Labute approximate surface area is 178 Å². The molecule has 0 radical (unpaired) electrons. The van der Waals surface area contributed by atoms with Crippen LogP contribution < -0.4 is 69.5 Å². The van der Waals surface area contributed by atoms with E-state index in [0.29, 0.717) is 16.6 Å². The zero-order chi connectivity index (χ0) is 15.0. The Hall–Kier alpha value is -1.39. The summed E-state index contributed by atoms with van der Waals surface area (Å²) in [6, 6.07) is 7.33. The second-order valence-corrected chi connectivity index (χ2v) is 4.39. The number of anilines is 1. The number of aromatic carboxylic acids is 1. The molecule has 3 rings (SSSR count). The Morgan fingerprint density at radius 1 is 1.43 bits per heavy atom. The minimum atomic E-state index is -1.02. The first kappa shape index (κ1) is 19.7. The number of hydrogen-bond acceptors (Lipinski definition) is 6. The Morgan fingerprint density at radius 3 is 2.78 bits per heavy atom. The molecule has 0 saturated heterocycles. The first-order valence-corrected chi connectivity index (χ1v) is 6.00. The van der Waals surface area contributed by atoms with E-state index >= 15 is 0 Å². The monoisotopic (exact) mass is 386 g/mol. The summed E-state index contributed by atoms with van der Waals surface area (Å²) in [7, 11) is 0. The van der Waals surface area contributed by atoms with Crippen molar-refractivity contribution in [2.24, 2.45) is 0 Å². The summed E-state index contributed by atoms with van der Waals surface area (Å²) >= 11 is 0. The maximum absolute atomic E-state index is 11.9. The van der Waals surface area contributed by atoms with Crippen molar-refractivity contribution in [3.8, 4) is 0 Å². The standard InChI is InChI=1S/C13H10N5O3.H2O.Rb/c14-13-16-9-5-15-18(10(9)11(19)17-13)6-7-1-3-8(4-2-7)12(20)21;;/h1,3-5H,6H2,(H,20,21)(H3,14,16,17,19);1H2;/q-1;;+1/p-1. The zero-order valence-electron chi connectivity index (χ0n) is 12.1. The maximum Gasteiger partial charge on any atom is 1.00 e. The molecule has 0 saturated carbocycles. The molecule has 0 unspecified atom stereocenters. The fourth-order valence-corrected chi connectivity index (χ4v) is 1.99. The van der Waals surface area contributed by atoms with E-state index in [2.05, 4.69) is 21.1 Å². The van der Waals surface area contributed by atoms with Gasteiger partial charge in [-0.2, -0.15) is 29.4 Å². The molecule has 9 nitrogen and oxygen atoms in total. The maximum atomic E-state index is 11.9. The van der Waals surface area contributed by atoms with Gasteiger partial charge in [-0.3, -0.25) is 19.3 Å². The van der Waals surface area contributed by atoms with Crippen molar-refractivity contribution in [3.05, 3.63) is 51.9 Å². The van der Waals surface area contributed by atoms with Crippen LogP contribution in [0.3, 0.4) is 0 Å². The fourth-order valence-electron chi connectivity index (χ4n) is 1.99. The van der Waals surface area contributed by atoms with Crippen molar-refractivity contribution in [1.82, 2.24) is 19.7 Å². The van der Waals surface area contributed by atoms with Crippen molar-refractivity contribution in [2.75, 3.05) is 5.73 Å². The predicted molar refractivity (Wildman–Crippen MR) is 75.8 cm³/mol. The summed E-state index contributed by atoms with van der Waals surface area (Å²) < 4.78 is 1.47. The van der Waals surface area contributed by atoms with Crippen LogP contribution in [-0.2, 0) is 6.54 Å². The molecule has 3 aromatic rings. The molecule has 2 aromatic heterocycles. The smallest absolute Gasteiger partial charge is 0.870 e. The van der Waals surface area contributed by atoms with Crippen LogP contribution in [-0.4, -0.2) is 36.3 Å². The first-order valence-electron chi connectivity index (χ1n) is 6.00. The minimum Gasteiger partial charge on any atom is -0.870 e. The largest absolute Gasteiger partial charge is 1.00 e. The van der Waals surface area contributed by atoms with Crippen LogP contribution in [0.5, 0.6) is 0 Å². The molecule has 0 atom stereocenters. The Kier molecular flexibility index (Phi) is 6.77. The first-order chi connectivity index (χ1) is 10.0. The van der Waals surface area contributed by atoms with E-state index in [0.717, 1.165) is 0 Å². The van der Waals surface area contributed by atoms with Crippen LogP contribution in [0.15, 0.2) is 29.2 Å². The van der Waals surface area contributed by atoms with Gasteiger partial charge in [0.2, 0.25) is 5.95 Å². The summed E-state index contributed by atoms with van der Waals surface area (Å²) in [6.07, 6.45) is 1.45. The Bertz CT molecular complexity index is 888. The molecule has 0 aliphatic heterocycles. The summed E-state index contributed by atoms with van der Waals surface area (Å²) in [4.78, 5) is 29.1. The van der Waals surface area contributed by atoms with Crippen LogP contribution in [0, 0.1) is 6.07 Å². The van der Waals surface area contributed by atoms with E-state index in [9.17, 15) is 9.59 Å². The molecular formula is C13H11N5O4Rb-. The molecule has 2 heterocycles. The zero-order valence-corrected chi connectivity index (χ0v) is 17.1. The molecule has 10 heteroatoms. The molecule has 1 aromatic carbocycles. The van der Waals surface area contributed by atoms with Crippen molar-refractivity contribution >= 4 is 23.0 Å². The number of benzene rings is 1. The molecule has 23 heavy (non-hydrogen) atoms. The number of carboxylic acids is 1. The van der Waals surface area contributed by atoms with Crippen LogP contribution >= 0.6 is 0 Å². The molecule has 114 valence electrons. The van der Waals surface area contributed by atoms with Crippen molar-refractivity contribution < 1.29 is 73.6 Å². The van der Waals surface area contributed by atoms with E-state index in [4.69, 9.17) is 10.8 Å². The van der Waals surface area contributed by atoms with Crippen molar-refractivity contribution in [2.45, 2.75) is 6.54 Å². The van der Waals surface area contributed by atoms with Crippen LogP contribution in [0.4, 0.5) is 5.95 Å². The van der Waals surface area contributed by atoms with E-state index in [-0.39, 0.29) is 87.3 Å². The summed E-state index contributed by atoms with van der Waals surface area (Å²) in [5.41, 5.74) is 6.64. The average Bonchev–Trinajstić information content (AvgIpc) is 2.82. The number of rotatable bonds is 3. The number of hydrogen-bond donors (Lipinski definition) is 3. The van der Waals surface area contributed by atoms with Gasteiger partial charge >= 0.3 is 58.2 Å². The third-order valence-electron chi connectivity index (χ3n) is 2.96. The number of nitrogens with zero attached hydrogens (tertiary/aromatic N) is 3. The quantitative estimate of drug-likeness (QED) is 0.407. The number of carboxylic acid groups (broad SMARTS) is 1. The van der Waals surface area contributed by atoms with Gasteiger partial charge in [-0.25, -0.2) is 4.98 Å². The number of nitrogens with two attached hydrogens (primary N) is 1. The molecule has 0 fully saturated rings. The molecule has 0 aliphatic carbocycles. The van der Waals surface area contributed by atoms with Crippen molar-refractivity contribution in [3.63, 3.8) is 0 Å². The van der Waals surface area contributed by atoms with Gasteiger partial charge in [-0.15, -0.1) is 5.56 Å². The van der Waals surface area contributed by atoms with Gasteiger partial charge in [-0.05, 0) is 0 Å². The van der Waals surface area contributed by atoms with Gasteiger partial charge in [-0.1, -0.05) is 5.56 Å². The Morgan fingerprint density at radius 2 is 2.17 bits per heavy atom. The second-order valence-electron chi connectivity index (χ2n) is 4.39. The number of nitrogen functional groups attached to an aromatic ring is 1. The topological polar surface area (TPSA) is 157 Å². The van der Waals surface area contributed by atoms with E-state index in [1.165, 1.54) is 23.0 Å². The third kappa shape index (κ3) is 4.12. The number of nitrogens with one attached hydrogen (secondary N) is 1. The van der Waals surface area contributed by atoms with Crippen LogP contribution in [0.25, 0.3) is 11.0 Å². The van der Waals surface area contributed by atoms with Crippen LogP contribution in [0.2, 0.25) is 0 Å². The summed E-state index contributed by atoms with van der Waals surface area (Å²) in [5, 5.41) is 12.9. The van der Waals surface area contributed by atoms with Gasteiger partial charge in [0.25, 0.3) is 11.5 Å². The van der Waals surface area contributed by atoms with E-state index in [1.807, 2.05) is 0 Å². The molecule has 5 N–H and O–H groups in total. The van der Waals surface area contributed by atoms with Crippen molar-refractivity contribution in [1.29, 1.82) is 0 Å². The number of aromatic amines is 1. The number of carbonyl (C=O) groups is 1. The third-order valence-corrected chi connectivity index (χ3v) is 2.96. The van der Waals surface area contributed by atoms with Gasteiger partial charge in [0, 0.05) is 6.54 Å². The number of H-pyrrole nitrogens is 1. The van der Waals surface area contributed by atoms with Gasteiger partial charge in [0.15, 0.2) is 5.52 Å². The van der Waals surface area contributed by atoms with Gasteiger partial charge in [0.1, 0.15) is 5.52 Å².